The molecular weight excluding hydrogens is 867 g/mol. The number of hydrogen-bond acceptors (Lipinski definition) is 9. The molecule has 2 aliphatic rings. The van der Waals surface area contributed by atoms with Crippen LogP contribution in [-0.2, 0) is 32.0 Å². The Morgan fingerprint density at radius 1 is 0.738 bits per heavy atom. The number of aromatic amines is 2. The number of imidazole rings is 2. The molecule has 8 rings (SSSR count). The lowest BCUT2D eigenvalue weighted by atomic mass is 9.91. The molecule has 3 amide bonds. The topological polar surface area (TPSA) is 184 Å². The number of piperidine rings is 1. The zero-order valence-corrected chi connectivity index (χ0v) is 37.7. The Morgan fingerprint density at radius 3 is 1.78 bits per heavy atom. The van der Waals surface area contributed by atoms with Gasteiger partial charge in [-0.2, -0.15) is 0 Å². The molecule has 65 heavy (non-hydrogen) atoms. The Balaban J connectivity index is 0.000000196. The minimum absolute atomic E-state index is 0.00253. The van der Waals surface area contributed by atoms with E-state index in [1.54, 1.807) is 37.2 Å². The van der Waals surface area contributed by atoms with Crippen molar-refractivity contribution < 1.29 is 28.6 Å². The average molecular weight is 922 g/mol. The normalized spacial score (nSPS) is 15.5. The van der Waals surface area contributed by atoms with E-state index in [2.05, 4.69) is 41.2 Å². The molecule has 16 heteroatoms. The van der Waals surface area contributed by atoms with Gasteiger partial charge in [0, 0.05) is 65.5 Å². The van der Waals surface area contributed by atoms with Crippen LogP contribution >= 0.6 is 23.2 Å². The summed E-state index contributed by atoms with van der Waals surface area (Å²) in [6, 6.07) is 25.9. The van der Waals surface area contributed by atoms with E-state index in [1.165, 1.54) is 6.92 Å². The van der Waals surface area contributed by atoms with Crippen molar-refractivity contribution in [3.8, 4) is 34.0 Å². The van der Waals surface area contributed by atoms with Gasteiger partial charge in [-0.05, 0) is 97.8 Å². The first-order valence-corrected chi connectivity index (χ1v) is 22.7. The lowest BCUT2D eigenvalue weighted by molar-refractivity contribution is -0.127. The number of H-pyrrole nitrogens is 2. The first kappa shape index (κ1) is 46.8. The number of para-hydroxylation sites is 2. The summed E-state index contributed by atoms with van der Waals surface area (Å²) in [5.74, 6) is 1.09. The van der Waals surface area contributed by atoms with Crippen molar-refractivity contribution >= 4 is 52.3 Å². The molecule has 2 aromatic heterocycles. The summed E-state index contributed by atoms with van der Waals surface area (Å²) >= 11 is 13.0. The third-order valence-electron chi connectivity index (χ3n) is 11.3. The van der Waals surface area contributed by atoms with Crippen molar-refractivity contribution in [1.82, 2.24) is 30.6 Å². The molecule has 2 saturated heterocycles. The molecular formula is C49H54Cl2N8O6. The number of carbonyl (C=O) groups is 3. The summed E-state index contributed by atoms with van der Waals surface area (Å²) in [6.45, 7) is 4.40. The fraction of sp³-hybridized carbons (Fsp3) is 0.327. The lowest BCUT2D eigenvalue weighted by Gasteiger charge is -2.29. The van der Waals surface area contributed by atoms with E-state index < -0.39 is 6.04 Å². The number of rotatable bonds is 16. The van der Waals surface area contributed by atoms with Crippen LogP contribution in [0.5, 0.6) is 11.5 Å². The summed E-state index contributed by atoms with van der Waals surface area (Å²) in [6.07, 6.45) is 12.6. The summed E-state index contributed by atoms with van der Waals surface area (Å²) in [5.41, 5.74) is 6.88. The lowest BCUT2D eigenvalue weighted by Crippen LogP contribution is -2.49. The van der Waals surface area contributed by atoms with Gasteiger partial charge >= 0.3 is 0 Å². The summed E-state index contributed by atoms with van der Waals surface area (Å²) in [7, 11) is 0. The summed E-state index contributed by atoms with van der Waals surface area (Å²) in [5, 5.41) is 13.1. The predicted octanol–water partition coefficient (Wildman–Crippen LogP) is 8.65. The Kier molecular flexibility index (Phi) is 17.0. The van der Waals surface area contributed by atoms with Crippen LogP contribution in [0, 0.1) is 5.92 Å². The molecule has 0 spiro atoms. The Hall–Kier alpha value is -6.19. The maximum atomic E-state index is 13.0. The van der Waals surface area contributed by atoms with Gasteiger partial charge in [-0.15, -0.1) is 0 Å². The highest BCUT2D eigenvalue weighted by Gasteiger charge is 2.31. The van der Waals surface area contributed by atoms with Crippen LogP contribution in [0.2, 0.25) is 10.0 Å². The molecule has 4 heterocycles. The second-order valence-electron chi connectivity index (χ2n) is 15.8. The molecule has 0 radical (unpaired) electrons. The van der Waals surface area contributed by atoms with Crippen LogP contribution in [0.4, 0.5) is 11.4 Å². The van der Waals surface area contributed by atoms with Gasteiger partial charge in [0.2, 0.25) is 17.7 Å². The number of aromatic nitrogens is 4. The maximum absolute atomic E-state index is 13.0. The van der Waals surface area contributed by atoms with Crippen molar-refractivity contribution in [2.24, 2.45) is 5.92 Å². The van der Waals surface area contributed by atoms with E-state index in [1.807, 2.05) is 72.8 Å². The van der Waals surface area contributed by atoms with Crippen LogP contribution in [0.25, 0.3) is 22.5 Å². The van der Waals surface area contributed by atoms with E-state index in [0.717, 1.165) is 83.8 Å². The van der Waals surface area contributed by atoms with Gasteiger partial charge in [-0.1, -0.05) is 66.0 Å². The predicted molar refractivity (Wildman–Crippen MR) is 253 cm³/mol. The monoisotopic (exact) mass is 920 g/mol. The third-order valence-corrected chi connectivity index (χ3v) is 12.0. The van der Waals surface area contributed by atoms with Gasteiger partial charge < -0.3 is 45.4 Å². The largest absolute Gasteiger partial charge is 0.493 e. The van der Waals surface area contributed by atoms with Crippen LogP contribution in [0.15, 0.2) is 110 Å². The fourth-order valence-electron chi connectivity index (χ4n) is 7.82. The number of nitrogens with one attached hydrogen (secondary N) is 6. The van der Waals surface area contributed by atoms with Crippen molar-refractivity contribution in [2.45, 2.75) is 64.0 Å². The van der Waals surface area contributed by atoms with Crippen molar-refractivity contribution in [1.29, 1.82) is 0 Å². The second kappa shape index (κ2) is 23.7. The third kappa shape index (κ3) is 13.4. The standard InChI is InChI=1S/C26H29ClN4O4.C23H25ClN4O2/c1-17(32)30-25(19-8-11-34-12-9-19)26(33)31-20-7-6-18(22(27)14-20)10-13-35-24-5-3-2-4-21(24)23-15-28-16-29-23;24-19-13-17(28-23(29)20-6-3-4-11-26-20)9-8-16(19)10-12-30-22-7-2-1-5-18(22)21-14-25-15-27-21/h2-7,14-16,19,25H,8-13H2,1H3,(H,28,29)(H,30,32)(H,31,33);1-2,5,7-9,13-15,20,26H,3-4,6,10-12H2,(H,25,27)(H,28,29). The maximum Gasteiger partial charge on any atom is 0.247 e. The second-order valence-corrected chi connectivity index (χ2v) is 16.7. The van der Waals surface area contributed by atoms with Gasteiger partial charge in [0.25, 0.3) is 0 Å². The van der Waals surface area contributed by atoms with E-state index in [-0.39, 0.29) is 29.7 Å². The van der Waals surface area contributed by atoms with Crippen molar-refractivity contribution in [2.75, 3.05) is 43.6 Å². The summed E-state index contributed by atoms with van der Waals surface area (Å²) < 4.78 is 17.4. The molecule has 4 aromatic carbocycles. The SMILES string of the molecule is CC(=O)NC(C(=O)Nc1ccc(CCOc2ccccc2-c2cnc[nH]2)c(Cl)c1)C1CCOCC1.O=C(Nc1ccc(CCOc2ccccc2-c2cnc[nH]2)c(Cl)c1)C1CCCCN1. The van der Waals surface area contributed by atoms with Crippen LogP contribution in [0.3, 0.4) is 0 Å². The Labute approximate surface area is 388 Å². The Morgan fingerprint density at radius 2 is 1.29 bits per heavy atom. The van der Waals surface area contributed by atoms with Crippen molar-refractivity contribution in [3.05, 3.63) is 131 Å². The van der Waals surface area contributed by atoms with E-state index in [9.17, 15) is 14.4 Å². The molecule has 0 aliphatic carbocycles. The highest BCUT2D eigenvalue weighted by molar-refractivity contribution is 6.32. The number of amides is 3. The van der Waals surface area contributed by atoms with Crippen molar-refractivity contribution in [3.63, 3.8) is 0 Å². The van der Waals surface area contributed by atoms with Crippen LogP contribution in [0.1, 0.15) is 50.2 Å². The van der Waals surface area contributed by atoms with Crippen LogP contribution < -0.4 is 30.7 Å². The van der Waals surface area contributed by atoms with Gasteiger partial charge in [-0.3, -0.25) is 14.4 Å². The molecule has 2 unspecified atom stereocenters. The Bertz CT molecular complexity index is 2470. The number of anilines is 2. The zero-order chi connectivity index (χ0) is 45.4. The number of hydrogen-bond donors (Lipinski definition) is 6. The average Bonchev–Trinajstić information content (AvgIpc) is 4.07. The van der Waals surface area contributed by atoms with E-state index >= 15 is 0 Å². The zero-order valence-electron chi connectivity index (χ0n) is 36.2. The van der Waals surface area contributed by atoms with Gasteiger partial charge in [0.05, 0.1) is 55.7 Å². The van der Waals surface area contributed by atoms with Crippen LogP contribution in [-0.4, -0.2) is 82.7 Å². The molecule has 6 aromatic rings. The number of nitrogens with zero attached hydrogens (tertiary/aromatic N) is 2. The van der Waals surface area contributed by atoms with Gasteiger partial charge in [0.1, 0.15) is 17.5 Å². The summed E-state index contributed by atoms with van der Waals surface area (Å²) in [4.78, 5) is 51.4. The van der Waals surface area contributed by atoms with E-state index in [4.69, 9.17) is 37.4 Å². The minimum Gasteiger partial charge on any atom is -0.493 e. The highest BCUT2D eigenvalue weighted by atomic mass is 35.5. The fourth-order valence-corrected chi connectivity index (χ4v) is 8.37. The molecule has 2 fully saturated rings. The number of benzene rings is 4. The molecule has 0 bridgehead atoms. The molecule has 340 valence electrons. The highest BCUT2D eigenvalue weighted by Crippen LogP contribution is 2.31. The molecule has 14 nitrogen and oxygen atoms in total. The molecule has 2 atom stereocenters. The number of halogens is 2. The first-order chi connectivity index (χ1) is 31.7. The smallest absolute Gasteiger partial charge is 0.247 e. The molecule has 2 aliphatic heterocycles. The first-order valence-electron chi connectivity index (χ1n) is 21.9. The number of carbonyl (C=O) groups excluding carboxylic acids is 3. The molecule has 6 N–H and O–H groups in total. The number of ether oxygens (including phenoxy) is 3. The quantitative estimate of drug-likeness (QED) is 0.0553. The molecule has 0 saturated carbocycles. The minimum atomic E-state index is -0.613. The van der Waals surface area contributed by atoms with Gasteiger partial charge in [0.15, 0.2) is 0 Å². The van der Waals surface area contributed by atoms with Gasteiger partial charge in [-0.25, -0.2) is 9.97 Å². The van der Waals surface area contributed by atoms with E-state index in [0.29, 0.717) is 60.7 Å².